The molecule has 2 saturated carbocycles. The smallest absolute Gasteiger partial charge is 0.421 e. The summed E-state index contributed by atoms with van der Waals surface area (Å²) in [5.41, 5.74) is 1.17. The highest BCUT2D eigenvalue weighted by Gasteiger charge is 2.48. The summed E-state index contributed by atoms with van der Waals surface area (Å²) in [5, 5.41) is 12.7. The molecule has 27 heavy (non-hydrogen) atoms. The van der Waals surface area contributed by atoms with E-state index < -0.39 is 12.7 Å². The Labute approximate surface area is 158 Å². The van der Waals surface area contributed by atoms with Crippen LogP contribution in [0.15, 0.2) is 18.2 Å². The zero-order valence-corrected chi connectivity index (χ0v) is 15.7. The second kappa shape index (κ2) is 7.09. The number of halogens is 2. The van der Waals surface area contributed by atoms with Crippen molar-refractivity contribution < 1.29 is 23.4 Å². The topological polar surface area (TPSA) is 54.0 Å². The minimum absolute atomic E-state index is 0.0611. The highest BCUT2D eigenvalue weighted by atomic mass is 19.3. The maximum atomic E-state index is 13.4. The van der Waals surface area contributed by atoms with E-state index in [0.717, 1.165) is 18.7 Å². The molecule has 1 aromatic carbocycles. The van der Waals surface area contributed by atoms with E-state index in [2.05, 4.69) is 15.0 Å². The molecule has 0 radical (unpaired) electrons. The molecule has 1 heterocycles. The summed E-state index contributed by atoms with van der Waals surface area (Å²) < 4.78 is 36.8. The molecule has 2 aliphatic carbocycles. The van der Waals surface area contributed by atoms with Crippen molar-refractivity contribution in [1.82, 2.24) is 5.32 Å². The Kier molecular flexibility index (Phi) is 4.93. The average molecular weight is 382 g/mol. The molecule has 1 aliphatic heterocycles. The van der Waals surface area contributed by atoms with Crippen LogP contribution in [0.5, 0.6) is 11.5 Å². The fourth-order valence-electron chi connectivity index (χ4n) is 4.84. The summed E-state index contributed by atoms with van der Waals surface area (Å²) in [5.74, 6) is 0.197. The first-order valence-electron chi connectivity index (χ1n) is 9.85. The summed E-state index contributed by atoms with van der Waals surface area (Å²) in [6, 6.07) is 6.03. The fraction of sp³-hybridized carbons (Fsp3) is 0.700. The minimum Gasteiger partial charge on any atom is -0.493 e. The number of aliphatic hydroxyl groups excluding tert-OH is 1. The Balaban J connectivity index is 1.62. The van der Waals surface area contributed by atoms with Crippen molar-refractivity contribution in [2.75, 3.05) is 25.2 Å². The maximum absolute atomic E-state index is 13.4. The number of anilines is 1. The van der Waals surface area contributed by atoms with E-state index in [9.17, 15) is 8.78 Å². The molecule has 0 bridgehead atoms. The summed E-state index contributed by atoms with van der Waals surface area (Å²) in [6.45, 7) is -0.438. The largest absolute Gasteiger partial charge is 0.493 e. The second-order valence-electron chi connectivity index (χ2n) is 8.10. The Morgan fingerprint density at radius 3 is 2.67 bits per heavy atom. The van der Waals surface area contributed by atoms with Crippen LogP contribution in [-0.4, -0.2) is 49.1 Å². The van der Waals surface area contributed by atoms with Gasteiger partial charge in [-0.2, -0.15) is 8.78 Å². The average Bonchev–Trinajstić information content (AvgIpc) is 2.66. The molecule has 0 amide bonds. The van der Waals surface area contributed by atoms with Crippen LogP contribution in [0.3, 0.4) is 0 Å². The summed E-state index contributed by atoms with van der Waals surface area (Å²) >= 11 is 0. The summed E-state index contributed by atoms with van der Waals surface area (Å²) in [7, 11) is 1.44. The number of hydrogen-bond acceptors (Lipinski definition) is 5. The van der Waals surface area contributed by atoms with Gasteiger partial charge in [0.25, 0.3) is 0 Å². The molecule has 1 saturated heterocycles. The zero-order valence-electron chi connectivity index (χ0n) is 15.7. The number of nitrogens with zero attached hydrogens (tertiary/aromatic N) is 1. The molecule has 2 N–H and O–H groups in total. The molecule has 150 valence electrons. The van der Waals surface area contributed by atoms with Gasteiger partial charge < -0.3 is 24.8 Å². The molecular formula is C20H28F2N2O3. The van der Waals surface area contributed by atoms with E-state index in [0.29, 0.717) is 12.1 Å². The standard InChI is InChI=1S/C20H28F2N2O3/c1-26-18-11-14(7-8-17(18)27-20(21,22)13-25)24-12-19(9-4-10-19)23-15-5-2-3-6-16(15)24/h7-8,11,15-16,23,25H,2-6,9-10,12-13H2,1H3/t15-,16-/m0/s1. The quantitative estimate of drug-likeness (QED) is 0.818. The molecule has 1 spiro atoms. The van der Waals surface area contributed by atoms with Gasteiger partial charge in [-0.15, -0.1) is 0 Å². The predicted octanol–water partition coefficient (Wildman–Crippen LogP) is 3.30. The van der Waals surface area contributed by atoms with Crippen molar-refractivity contribution in [1.29, 1.82) is 0 Å². The van der Waals surface area contributed by atoms with Crippen molar-refractivity contribution in [2.45, 2.75) is 68.7 Å². The van der Waals surface area contributed by atoms with E-state index in [1.165, 1.54) is 51.7 Å². The van der Waals surface area contributed by atoms with Gasteiger partial charge in [0.1, 0.15) is 6.61 Å². The van der Waals surface area contributed by atoms with Crippen LogP contribution in [0.1, 0.15) is 44.9 Å². The van der Waals surface area contributed by atoms with E-state index in [-0.39, 0.29) is 17.0 Å². The first kappa shape index (κ1) is 18.7. The number of fused-ring (bicyclic) bond motifs is 1. The third-order valence-electron chi connectivity index (χ3n) is 6.33. The molecule has 1 aromatic rings. The number of rotatable bonds is 5. The van der Waals surface area contributed by atoms with E-state index in [4.69, 9.17) is 9.84 Å². The SMILES string of the molecule is COc1cc(N2CC3(CCC3)N[C@H]3CCCC[C@@H]32)ccc1OC(F)(F)CO. The van der Waals surface area contributed by atoms with Crippen molar-refractivity contribution in [2.24, 2.45) is 0 Å². The van der Waals surface area contributed by atoms with Crippen molar-refractivity contribution in [3.63, 3.8) is 0 Å². The van der Waals surface area contributed by atoms with Crippen molar-refractivity contribution >= 4 is 5.69 Å². The van der Waals surface area contributed by atoms with Gasteiger partial charge in [-0.05, 0) is 44.2 Å². The number of alkyl halides is 2. The van der Waals surface area contributed by atoms with Gasteiger partial charge in [-0.25, -0.2) is 0 Å². The molecular weight excluding hydrogens is 354 g/mol. The highest BCUT2D eigenvalue weighted by Crippen LogP contribution is 2.43. The minimum atomic E-state index is -3.63. The number of methoxy groups -OCH3 is 1. The zero-order chi connectivity index (χ0) is 19.1. The van der Waals surface area contributed by atoms with Crippen molar-refractivity contribution in [3.05, 3.63) is 18.2 Å². The van der Waals surface area contributed by atoms with Crippen LogP contribution in [-0.2, 0) is 0 Å². The first-order valence-corrected chi connectivity index (χ1v) is 9.85. The maximum Gasteiger partial charge on any atom is 0.421 e. The van der Waals surface area contributed by atoms with Gasteiger partial charge in [-0.1, -0.05) is 12.8 Å². The van der Waals surface area contributed by atoms with Crippen LogP contribution in [0.25, 0.3) is 0 Å². The number of hydrogen-bond donors (Lipinski definition) is 2. The summed E-state index contributed by atoms with van der Waals surface area (Å²) in [6.07, 6.45) is 4.79. The lowest BCUT2D eigenvalue weighted by Crippen LogP contribution is -2.72. The number of ether oxygens (including phenoxy) is 2. The lowest BCUT2D eigenvalue weighted by atomic mass is 9.71. The van der Waals surface area contributed by atoms with Gasteiger partial charge in [-0.3, -0.25) is 0 Å². The van der Waals surface area contributed by atoms with Crippen LogP contribution in [0.2, 0.25) is 0 Å². The molecule has 4 rings (SSSR count). The molecule has 3 fully saturated rings. The van der Waals surface area contributed by atoms with E-state index in [1.807, 2.05) is 6.07 Å². The van der Waals surface area contributed by atoms with E-state index in [1.54, 1.807) is 6.07 Å². The lowest BCUT2D eigenvalue weighted by molar-refractivity contribution is -0.201. The van der Waals surface area contributed by atoms with Crippen LogP contribution < -0.4 is 19.7 Å². The fourth-order valence-corrected chi connectivity index (χ4v) is 4.84. The van der Waals surface area contributed by atoms with E-state index >= 15 is 0 Å². The highest BCUT2D eigenvalue weighted by molar-refractivity contribution is 5.58. The van der Waals surface area contributed by atoms with Crippen LogP contribution >= 0.6 is 0 Å². The monoisotopic (exact) mass is 382 g/mol. The number of aliphatic hydroxyl groups is 1. The van der Waals surface area contributed by atoms with Gasteiger partial charge in [0.05, 0.1) is 7.11 Å². The lowest BCUT2D eigenvalue weighted by Gasteiger charge is -2.58. The Morgan fingerprint density at radius 1 is 1.22 bits per heavy atom. The number of benzene rings is 1. The van der Waals surface area contributed by atoms with Gasteiger partial charge in [0, 0.05) is 35.9 Å². The predicted molar refractivity (Wildman–Crippen MR) is 98.8 cm³/mol. The molecule has 2 atom stereocenters. The third kappa shape index (κ3) is 3.59. The van der Waals surface area contributed by atoms with Gasteiger partial charge in [0.2, 0.25) is 0 Å². The van der Waals surface area contributed by atoms with Crippen LogP contribution in [0, 0.1) is 0 Å². The van der Waals surface area contributed by atoms with Gasteiger partial charge in [0.15, 0.2) is 11.5 Å². The second-order valence-corrected chi connectivity index (χ2v) is 8.10. The summed E-state index contributed by atoms with van der Waals surface area (Å²) in [4.78, 5) is 2.44. The Morgan fingerprint density at radius 2 is 2.00 bits per heavy atom. The molecule has 5 nitrogen and oxygen atoms in total. The molecule has 7 heteroatoms. The number of nitrogens with one attached hydrogen (secondary N) is 1. The normalized spacial score (nSPS) is 27.0. The third-order valence-corrected chi connectivity index (χ3v) is 6.33. The Bertz CT molecular complexity index is 681. The van der Waals surface area contributed by atoms with Gasteiger partial charge >= 0.3 is 6.11 Å². The molecule has 0 unspecified atom stereocenters. The number of piperazine rings is 1. The first-order chi connectivity index (χ1) is 13.0. The van der Waals surface area contributed by atoms with Crippen molar-refractivity contribution in [3.8, 4) is 11.5 Å². The molecule has 3 aliphatic rings. The van der Waals surface area contributed by atoms with Crippen LogP contribution in [0.4, 0.5) is 14.5 Å². The molecule has 0 aromatic heterocycles. The Hall–Kier alpha value is -1.60.